The Kier molecular flexibility index (Phi) is 6.71. The fraction of sp³-hybridized carbons (Fsp3) is 0.423. The second kappa shape index (κ2) is 9.47. The maximum Gasteiger partial charge on any atom is 0.573 e. The molecule has 36 heavy (non-hydrogen) atoms. The van der Waals surface area contributed by atoms with Gasteiger partial charge in [0.05, 0.1) is 11.2 Å². The van der Waals surface area contributed by atoms with Crippen LogP contribution in [0.25, 0.3) is 11.0 Å². The fourth-order valence-electron chi connectivity index (χ4n) is 5.02. The lowest BCUT2D eigenvalue weighted by atomic mass is 9.99. The van der Waals surface area contributed by atoms with Gasteiger partial charge in [0, 0.05) is 44.0 Å². The monoisotopic (exact) mass is 499 g/mol. The van der Waals surface area contributed by atoms with Gasteiger partial charge in [0.2, 0.25) is 0 Å². The number of fused-ring (bicyclic) bond motifs is 1. The van der Waals surface area contributed by atoms with Gasteiger partial charge in [0.25, 0.3) is 5.56 Å². The fourth-order valence-corrected chi connectivity index (χ4v) is 5.02. The third-order valence-corrected chi connectivity index (χ3v) is 6.88. The zero-order valence-electron chi connectivity index (χ0n) is 20.8. The predicted molar refractivity (Wildman–Crippen MR) is 131 cm³/mol. The minimum Gasteiger partial charge on any atom is -0.406 e. The van der Waals surface area contributed by atoms with Crippen molar-refractivity contribution in [2.24, 2.45) is 7.05 Å². The molecule has 2 aromatic heterocycles. The lowest BCUT2D eigenvalue weighted by molar-refractivity contribution is -0.274. The molecular weight excluding hydrogens is 471 g/mol. The van der Waals surface area contributed by atoms with Crippen LogP contribution in [0, 0.1) is 18.3 Å². The zero-order valence-corrected chi connectivity index (χ0v) is 20.8. The van der Waals surface area contributed by atoms with Gasteiger partial charge in [-0.05, 0) is 57.5 Å². The van der Waals surface area contributed by atoms with Gasteiger partial charge in [-0.3, -0.25) is 9.69 Å². The maximum absolute atomic E-state index is 13.0. The molecule has 10 heteroatoms. The zero-order chi connectivity index (χ0) is 26.4. The molecule has 3 atom stereocenters. The summed E-state index contributed by atoms with van der Waals surface area (Å²) in [6.45, 7) is 9.15. The molecule has 1 aromatic carbocycles. The first-order chi connectivity index (χ1) is 16.9. The first-order valence-corrected chi connectivity index (χ1v) is 11.7. The molecule has 0 radical (unpaired) electrons. The van der Waals surface area contributed by atoms with Crippen LogP contribution in [0.15, 0.2) is 41.2 Å². The van der Waals surface area contributed by atoms with Gasteiger partial charge in [-0.25, -0.2) is 4.98 Å². The number of hydrogen-bond acceptors (Lipinski definition) is 6. The Hall–Kier alpha value is -3.58. The average Bonchev–Trinajstić information content (AvgIpc) is 2.81. The van der Waals surface area contributed by atoms with Crippen LogP contribution in [0.4, 0.5) is 18.9 Å². The van der Waals surface area contributed by atoms with E-state index in [1.54, 1.807) is 19.2 Å². The second-order valence-corrected chi connectivity index (χ2v) is 9.36. The number of benzene rings is 1. The molecule has 1 fully saturated rings. The van der Waals surface area contributed by atoms with Crippen molar-refractivity contribution in [3.05, 3.63) is 63.6 Å². The molecule has 1 aliphatic heterocycles. The molecule has 1 saturated heterocycles. The Morgan fingerprint density at radius 2 is 1.78 bits per heavy atom. The summed E-state index contributed by atoms with van der Waals surface area (Å²) >= 11 is 0. The molecule has 0 bridgehead atoms. The number of piperazine rings is 1. The first-order valence-electron chi connectivity index (χ1n) is 11.7. The normalized spacial score (nSPS) is 19.8. The van der Waals surface area contributed by atoms with Crippen molar-refractivity contribution in [2.45, 2.75) is 52.2 Å². The highest BCUT2D eigenvalue weighted by atomic mass is 19.4. The predicted octanol–water partition coefficient (Wildman–Crippen LogP) is 4.67. The highest BCUT2D eigenvalue weighted by molar-refractivity contribution is 5.92. The Balaban J connectivity index is 1.65. The van der Waals surface area contributed by atoms with Crippen LogP contribution < -0.4 is 15.2 Å². The SMILES string of the molecule is Cc1ccc2c(n1)c(N1C[C@@H](C)N(C(C)c3ccc(OC(F)(F)F)cc3)C[C@@H]1C)c(C#N)c(=O)n2C. The van der Waals surface area contributed by atoms with Crippen molar-refractivity contribution >= 4 is 16.7 Å². The Morgan fingerprint density at radius 3 is 2.39 bits per heavy atom. The number of nitrogens with zero attached hydrogens (tertiary/aromatic N) is 5. The van der Waals surface area contributed by atoms with Gasteiger partial charge in [-0.2, -0.15) is 5.26 Å². The van der Waals surface area contributed by atoms with E-state index in [2.05, 4.69) is 27.5 Å². The molecule has 1 unspecified atom stereocenters. The van der Waals surface area contributed by atoms with Crippen LogP contribution in [-0.4, -0.2) is 46.0 Å². The summed E-state index contributed by atoms with van der Waals surface area (Å²) in [5.74, 6) is -0.256. The topological polar surface area (TPSA) is 74.4 Å². The van der Waals surface area contributed by atoms with E-state index in [-0.39, 0.29) is 35.0 Å². The first kappa shape index (κ1) is 25.5. The third-order valence-electron chi connectivity index (χ3n) is 6.88. The van der Waals surface area contributed by atoms with Crippen molar-refractivity contribution in [1.29, 1.82) is 5.26 Å². The summed E-state index contributed by atoms with van der Waals surface area (Å²) in [6.07, 6.45) is -4.73. The number of pyridine rings is 2. The molecule has 3 aromatic rings. The van der Waals surface area contributed by atoms with Crippen molar-refractivity contribution in [1.82, 2.24) is 14.5 Å². The molecule has 0 amide bonds. The van der Waals surface area contributed by atoms with Crippen molar-refractivity contribution in [3.63, 3.8) is 0 Å². The van der Waals surface area contributed by atoms with Crippen LogP contribution >= 0.6 is 0 Å². The van der Waals surface area contributed by atoms with Gasteiger partial charge in [0.15, 0.2) is 0 Å². The molecule has 190 valence electrons. The van der Waals surface area contributed by atoms with E-state index in [4.69, 9.17) is 4.98 Å². The van der Waals surface area contributed by atoms with E-state index in [0.717, 1.165) is 11.3 Å². The van der Waals surface area contributed by atoms with Crippen LogP contribution in [0.2, 0.25) is 0 Å². The van der Waals surface area contributed by atoms with Crippen molar-refractivity contribution < 1.29 is 17.9 Å². The van der Waals surface area contributed by atoms with E-state index in [1.165, 1.54) is 16.7 Å². The van der Waals surface area contributed by atoms with Gasteiger partial charge >= 0.3 is 6.36 Å². The van der Waals surface area contributed by atoms with Gasteiger partial charge in [-0.15, -0.1) is 13.2 Å². The standard InChI is InChI=1S/C26H28F3N5O2/c1-15-6-11-22-23(31-15)24(21(12-30)25(35)32(22)5)34-14-16(2)33(13-17(34)3)18(4)19-7-9-20(10-8-19)36-26(27,28)29/h6-11,16-18H,13-14H2,1-5H3/t16-,17+,18?/m1/s1. The maximum atomic E-state index is 13.0. The Labute approximate surface area is 207 Å². The lowest BCUT2D eigenvalue weighted by Gasteiger charge is -2.48. The van der Waals surface area contributed by atoms with Gasteiger partial charge in [-0.1, -0.05) is 12.1 Å². The minimum atomic E-state index is -4.73. The summed E-state index contributed by atoms with van der Waals surface area (Å²) in [5.41, 5.74) is 3.21. The Morgan fingerprint density at radius 1 is 1.11 bits per heavy atom. The van der Waals surface area contributed by atoms with Crippen LogP contribution in [0.3, 0.4) is 0 Å². The smallest absolute Gasteiger partial charge is 0.406 e. The number of hydrogen-bond donors (Lipinski definition) is 0. The van der Waals surface area contributed by atoms with Crippen molar-refractivity contribution in [3.8, 4) is 11.8 Å². The molecule has 0 aliphatic carbocycles. The number of ether oxygens (including phenoxy) is 1. The molecule has 1 aliphatic rings. The van der Waals surface area contributed by atoms with E-state index in [1.807, 2.05) is 32.9 Å². The van der Waals surface area contributed by atoms with Crippen molar-refractivity contribution in [2.75, 3.05) is 18.0 Å². The summed E-state index contributed by atoms with van der Waals surface area (Å²) in [4.78, 5) is 22.1. The molecule has 4 rings (SSSR count). The van der Waals surface area contributed by atoms with E-state index < -0.39 is 6.36 Å². The highest BCUT2D eigenvalue weighted by Crippen LogP contribution is 2.35. The molecule has 0 saturated carbocycles. The number of nitriles is 1. The summed E-state index contributed by atoms with van der Waals surface area (Å²) in [6, 6.07) is 11.6. The number of anilines is 1. The minimum absolute atomic E-state index is 0.0257. The molecule has 7 nitrogen and oxygen atoms in total. The molecule has 0 N–H and O–H groups in total. The number of rotatable bonds is 4. The Bertz CT molecular complexity index is 1380. The number of aryl methyl sites for hydroxylation is 2. The van der Waals surface area contributed by atoms with Crippen LogP contribution in [-0.2, 0) is 7.05 Å². The summed E-state index contributed by atoms with van der Waals surface area (Å²) in [7, 11) is 1.64. The average molecular weight is 500 g/mol. The lowest BCUT2D eigenvalue weighted by Crippen LogP contribution is -2.57. The molecule has 3 heterocycles. The summed E-state index contributed by atoms with van der Waals surface area (Å²) < 4.78 is 43.0. The van der Waals surface area contributed by atoms with Gasteiger partial charge < -0.3 is 14.2 Å². The largest absolute Gasteiger partial charge is 0.573 e. The molecular formula is C26H28F3N5O2. The number of alkyl halides is 3. The van der Waals surface area contributed by atoms with E-state index >= 15 is 0 Å². The second-order valence-electron chi connectivity index (χ2n) is 9.36. The van der Waals surface area contributed by atoms with E-state index in [9.17, 15) is 23.2 Å². The number of aromatic nitrogens is 2. The molecule has 0 spiro atoms. The number of halogens is 3. The third kappa shape index (κ3) is 4.75. The van der Waals surface area contributed by atoms with Crippen LogP contribution in [0.5, 0.6) is 5.75 Å². The van der Waals surface area contributed by atoms with E-state index in [0.29, 0.717) is 29.8 Å². The summed E-state index contributed by atoms with van der Waals surface area (Å²) in [5, 5.41) is 9.91. The quantitative estimate of drug-likeness (QED) is 0.519. The van der Waals surface area contributed by atoms with Crippen LogP contribution in [0.1, 0.15) is 43.6 Å². The highest BCUT2D eigenvalue weighted by Gasteiger charge is 2.35. The van der Waals surface area contributed by atoms with Gasteiger partial charge in [0.1, 0.15) is 22.9 Å².